The predicted octanol–water partition coefficient (Wildman–Crippen LogP) is 6.03. The topological polar surface area (TPSA) is 37.3 Å². The monoisotopic (exact) mass is 433 g/mol. The fourth-order valence-electron chi connectivity index (χ4n) is 4.17. The molecule has 0 fully saturated rings. The third-order valence-corrected chi connectivity index (χ3v) is 5.54. The van der Waals surface area contributed by atoms with Crippen LogP contribution in [0.15, 0.2) is 85.1 Å². The fraction of sp³-hybridized carbons (Fsp3) is 0.0800. The van der Waals surface area contributed by atoms with E-state index in [1.165, 1.54) is 35.2 Å². The first-order valence-corrected chi connectivity index (χ1v) is 10.0. The molecule has 160 valence electrons. The van der Waals surface area contributed by atoms with E-state index in [2.05, 4.69) is 5.32 Å². The minimum atomic E-state index is -0.811. The van der Waals surface area contributed by atoms with Crippen molar-refractivity contribution in [2.45, 2.75) is 12.6 Å². The normalized spacial score (nSPS) is 15.0. The lowest BCUT2D eigenvalue weighted by molar-refractivity contribution is 0.194. The molecule has 1 aromatic heterocycles. The number of aromatic nitrogens is 1. The molecule has 4 nitrogen and oxygen atoms in total. The molecule has 7 heteroatoms. The number of fused-ring (bicyclic) bond motifs is 3. The van der Waals surface area contributed by atoms with Gasteiger partial charge in [0.15, 0.2) is 0 Å². The number of anilines is 1. The molecule has 2 amide bonds. The number of hydrogen-bond donors (Lipinski definition) is 1. The molecule has 32 heavy (non-hydrogen) atoms. The molecule has 1 N–H and O–H groups in total. The Morgan fingerprint density at radius 2 is 1.59 bits per heavy atom. The van der Waals surface area contributed by atoms with E-state index in [1.807, 2.05) is 41.1 Å². The van der Waals surface area contributed by atoms with E-state index in [9.17, 15) is 18.0 Å². The molecule has 0 radical (unpaired) electrons. The number of benzene rings is 3. The van der Waals surface area contributed by atoms with Crippen molar-refractivity contribution in [1.29, 1.82) is 0 Å². The zero-order valence-corrected chi connectivity index (χ0v) is 16.8. The summed E-state index contributed by atoms with van der Waals surface area (Å²) in [6, 6.07) is 18.8. The maximum absolute atomic E-state index is 14.2. The maximum Gasteiger partial charge on any atom is 0.323 e. The van der Waals surface area contributed by atoms with E-state index in [1.54, 1.807) is 12.1 Å². The Kier molecular flexibility index (Phi) is 4.93. The van der Waals surface area contributed by atoms with Gasteiger partial charge in [-0.2, -0.15) is 0 Å². The van der Waals surface area contributed by atoms with E-state index in [4.69, 9.17) is 0 Å². The van der Waals surface area contributed by atoms with Crippen LogP contribution in [0.4, 0.5) is 23.7 Å². The number of nitrogens with one attached hydrogen (secondary N) is 1. The van der Waals surface area contributed by atoms with Crippen LogP contribution in [-0.2, 0) is 6.54 Å². The maximum atomic E-state index is 14.2. The van der Waals surface area contributed by atoms with Gasteiger partial charge in [-0.1, -0.05) is 30.3 Å². The summed E-state index contributed by atoms with van der Waals surface area (Å²) >= 11 is 0. The Morgan fingerprint density at radius 1 is 0.875 bits per heavy atom. The Bertz CT molecular complexity index is 1300. The van der Waals surface area contributed by atoms with E-state index in [0.717, 1.165) is 17.3 Å². The van der Waals surface area contributed by atoms with Crippen LogP contribution >= 0.6 is 0 Å². The number of rotatable bonds is 2. The summed E-state index contributed by atoms with van der Waals surface area (Å²) in [4.78, 5) is 14.9. The molecule has 5 rings (SSSR count). The first-order chi connectivity index (χ1) is 15.5. The van der Waals surface area contributed by atoms with E-state index in [0.29, 0.717) is 5.69 Å². The zero-order chi connectivity index (χ0) is 22.2. The van der Waals surface area contributed by atoms with Crippen molar-refractivity contribution in [2.75, 3.05) is 5.32 Å². The average molecular weight is 433 g/mol. The van der Waals surface area contributed by atoms with E-state index >= 15 is 0 Å². The molecule has 2 heterocycles. The number of para-hydroxylation sites is 2. The smallest absolute Gasteiger partial charge is 0.318 e. The molecule has 3 aromatic carbocycles. The first-order valence-electron chi connectivity index (χ1n) is 10.0. The van der Waals surface area contributed by atoms with E-state index in [-0.39, 0.29) is 17.8 Å². The van der Waals surface area contributed by atoms with Crippen molar-refractivity contribution < 1.29 is 18.0 Å². The van der Waals surface area contributed by atoms with Gasteiger partial charge in [0.25, 0.3) is 0 Å². The van der Waals surface area contributed by atoms with Gasteiger partial charge in [-0.15, -0.1) is 0 Å². The largest absolute Gasteiger partial charge is 0.323 e. The van der Waals surface area contributed by atoms with Crippen LogP contribution in [0.3, 0.4) is 0 Å². The summed E-state index contributed by atoms with van der Waals surface area (Å²) < 4.78 is 44.4. The van der Waals surface area contributed by atoms with Crippen LogP contribution in [0.25, 0.3) is 5.69 Å². The van der Waals surface area contributed by atoms with Gasteiger partial charge < -0.3 is 14.8 Å². The highest BCUT2D eigenvalue weighted by molar-refractivity contribution is 5.90. The summed E-state index contributed by atoms with van der Waals surface area (Å²) in [5, 5.41) is 2.61. The van der Waals surface area contributed by atoms with Gasteiger partial charge in [0.1, 0.15) is 17.5 Å². The lowest BCUT2D eigenvalue weighted by Gasteiger charge is -2.31. The minimum Gasteiger partial charge on any atom is -0.318 e. The number of halogens is 3. The Balaban J connectivity index is 1.67. The summed E-state index contributed by atoms with van der Waals surface area (Å²) in [6.07, 6.45) is 1.84. The van der Waals surface area contributed by atoms with Crippen LogP contribution < -0.4 is 5.32 Å². The zero-order valence-electron chi connectivity index (χ0n) is 16.8. The van der Waals surface area contributed by atoms with Crippen molar-refractivity contribution >= 4 is 11.7 Å². The molecule has 0 spiro atoms. The molecular formula is C25H18F3N3O. The molecule has 1 atom stereocenters. The second kappa shape index (κ2) is 7.92. The molecule has 0 unspecified atom stereocenters. The Labute approximate surface area is 182 Å². The van der Waals surface area contributed by atoms with Gasteiger partial charge in [0.05, 0.1) is 24.0 Å². The van der Waals surface area contributed by atoms with Gasteiger partial charge in [-0.25, -0.2) is 18.0 Å². The standard InChI is InChI=1S/C25H18F3N3O/c26-18-12-17(13-19(27)14-18)24-23-10-5-11-30(23)22-9-4-1-6-16(22)15-31(24)25(32)29-21-8-3-2-7-20(21)28/h1-14,24H,15H2,(H,29,32)/t24-/m0/s1. The van der Waals surface area contributed by atoms with Gasteiger partial charge >= 0.3 is 6.03 Å². The number of nitrogens with zero attached hydrogens (tertiary/aromatic N) is 2. The van der Waals surface area contributed by atoms with Crippen LogP contribution in [-0.4, -0.2) is 15.5 Å². The number of hydrogen-bond acceptors (Lipinski definition) is 1. The number of carbonyl (C=O) groups excluding carboxylic acids is 1. The lowest BCUT2D eigenvalue weighted by atomic mass is 10.0. The van der Waals surface area contributed by atoms with Crippen molar-refractivity contribution in [3.8, 4) is 5.69 Å². The second-order valence-corrected chi connectivity index (χ2v) is 7.57. The van der Waals surface area contributed by atoms with Crippen LogP contribution in [0.1, 0.15) is 22.9 Å². The highest BCUT2D eigenvalue weighted by atomic mass is 19.1. The predicted molar refractivity (Wildman–Crippen MR) is 115 cm³/mol. The number of carbonyl (C=O) groups is 1. The van der Waals surface area contributed by atoms with Crippen molar-refractivity contribution in [3.63, 3.8) is 0 Å². The SMILES string of the molecule is O=C(Nc1ccccc1F)N1Cc2ccccc2-n2cccc2[C@@H]1c1cc(F)cc(F)c1. The van der Waals surface area contributed by atoms with Crippen molar-refractivity contribution in [2.24, 2.45) is 0 Å². The molecule has 1 aliphatic heterocycles. The van der Waals surface area contributed by atoms with Crippen LogP contribution in [0.5, 0.6) is 0 Å². The van der Waals surface area contributed by atoms with Gasteiger partial charge in [-0.3, -0.25) is 0 Å². The highest BCUT2D eigenvalue weighted by Crippen LogP contribution is 2.37. The summed E-state index contributed by atoms with van der Waals surface area (Å²) in [6.45, 7) is 0.154. The highest BCUT2D eigenvalue weighted by Gasteiger charge is 2.33. The summed E-state index contributed by atoms with van der Waals surface area (Å²) in [5.74, 6) is -2.06. The third-order valence-electron chi connectivity index (χ3n) is 5.54. The van der Waals surface area contributed by atoms with Gasteiger partial charge in [0, 0.05) is 18.0 Å². The van der Waals surface area contributed by atoms with Crippen molar-refractivity contribution in [1.82, 2.24) is 9.47 Å². The van der Waals surface area contributed by atoms with Crippen LogP contribution in [0.2, 0.25) is 0 Å². The quantitative estimate of drug-likeness (QED) is 0.412. The first kappa shape index (κ1) is 19.9. The minimum absolute atomic E-state index is 0.0228. The second-order valence-electron chi connectivity index (χ2n) is 7.57. The molecule has 0 saturated heterocycles. The molecule has 4 aromatic rings. The lowest BCUT2D eigenvalue weighted by Crippen LogP contribution is -2.38. The average Bonchev–Trinajstić information content (AvgIpc) is 3.18. The summed E-state index contributed by atoms with van der Waals surface area (Å²) in [5.41, 5.74) is 2.65. The van der Waals surface area contributed by atoms with Crippen LogP contribution in [0, 0.1) is 17.5 Å². The van der Waals surface area contributed by atoms with E-state index < -0.39 is 29.5 Å². The fourth-order valence-corrected chi connectivity index (χ4v) is 4.17. The molecule has 0 saturated carbocycles. The van der Waals surface area contributed by atoms with Gasteiger partial charge in [-0.05, 0) is 53.6 Å². The molecular weight excluding hydrogens is 415 g/mol. The molecule has 1 aliphatic rings. The third kappa shape index (κ3) is 3.51. The van der Waals surface area contributed by atoms with Crippen molar-refractivity contribution in [3.05, 3.63) is 119 Å². The van der Waals surface area contributed by atoms with Gasteiger partial charge in [0.2, 0.25) is 0 Å². The molecule has 0 aliphatic carbocycles. The number of urea groups is 1. The summed E-state index contributed by atoms with van der Waals surface area (Å²) in [7, 11) is 0. The Hall–Kier alpha value is -4.00. The Morgan fingerprint density at radius 3 is 2.38 bits per heavy atom. The number of amides is 2. The molecule has 0 bridgehead atoms.